The number of thioether (sulfide) groups is 1. The number of aliphatic hydroxyl groups is 1. The van der Waals surface area contributed by atoms with Crippen LogP contribution in [0.2, 0.25) is 0 Å². The molecule has 2 atom stereocenters. The molecule has 0 bridgehead atoms. The summed E-state index contributed by atoms with van der Waals surface area (Å²) in [7, 11) is -3.54. The Bertz CT molecular complexity index is 1500. The predicted octanol–water partition coefficient (Wildman–Crippen LogP) is 2.98. The third-order valence-corrected chi connectivity index (χ3v) is 11.1. The molecule has 16 heteroatoms. The van der Waals surface area contributed by atoms with Crippen LogP contribution in [0.1, 0.15) is 43.0 Å². The van der Waals surface area contributed by atoms with Crippen molar-refractivity contribution in [3.63, 3.8) is 0 Å². The largest absolute Gasteiger partial charge is 0.417 e. The Labute approximate surface area is 271 Å². The Hall–Kier alpha value is -2.24. The molecule has 10 nitrogen and oxygen atoms in total. The summed E-state index contributed by atoms with van der Waals surface area (Å²) in [5, 5.41) is 18.8. The Kier molecular flexibility index (Phi) is 11.0. The highest BCUT2D eigenvalue weighted by molar-refractivity contribution is 7.99. The van der Waals surface area contributed by atoms with Gasteiger partial charge in [-0.3, -0.25) is 14.4 Å². The van der Waals surface area contributed by atoms with Crippen LogP contribution in [-0.2, 0) is 40.5 Å². The van der Waals surface area contributed by atoms with Crippen LogP contribution >= 0.6 is 11.8 Å². The zero-order valence-corrected chi connectivity index (χ0v) is 27.7. The smallest absolute Gasteiger partial charge is 0.390 e. The fraction of sp³-hybridized carbons (Fsp3) is 0.667. The molecule has 2 N–H and O–H groups in total. The summed E-state index contributed by atoms with van der Waals surface area (Å²) >= 11 is 1.06. The molecule has 0 radical (unpaired) electrons. The summed E-state index contributed by atoms with van der Waals surface area (Å²) in [5.74, 6) is 0.284. The number of hydrogen-bond acceptors (Lipinski definition) is 8. The topological polar surface area (TPSA) is 111 Å². The maximum Gasteiger partial charge on any atom is 0.417 e. The van der Waals surface area contributed by atoms with Gasteiger partial charge in [-0.25, -0.2) is 12.8 Å². The molecule has 0 unspecified atom stereocenters. The van der Waals surface area contributed by atoms with Crippen LogP contribution in [0.4, 0.5) is 17.6 Å². The highest BCUT2D eigenvalue weighted by Crippen LogP contribution is 2.40. The van der Waals surface area contributed by atoms with E-state index in [0.29, 0.717) is 68.1 Å². The molecule has 3 aliphatic heterocycles. The lowest BCUT2D eigenvalue weighted by Crippen LogP contribution is -2.46. The lowest BCUT2D eigenvalue weighted by molar-refractivity contribution is -0.139. The van der Waals surface area contributed by atoms with Gasteiger partial charge in [0.25, 0.3) is 0 Å². The first-order valence-electron chi connectivity index (χ1n) is 15.6. The van der Waals surface area contributed by atoms with Gasteiger partial charge >= 0.3 is 6.18 Å². The average Bonchev–Trinajstić information content (AvgIpc) is 3.55. The molecular formula is C30H42F4N6O4S2. The van der Waals surface area contributed by atoms with Gasteiger partial charge in [0.15, 0.2) is 0 Å². The normalized spacial score (nSPS) is 21.4. The van der Waals surface area contributed by atoms with E-state index in [4.69, 9.17) is 5.10 Å². The average molecular weight is 691 g/mol. The number of rotatable bonds is 11. The molecule has 4 heterocycles. The van der Waals surface area contributed by atoms with Gasteiger partial charge in [0.05, 0.1) is 30.2 Å². The molecule has 1 aromatic carbocycles. The second-order valence-electron chi connectivity index (χ2n) is 12.5. The van der Waals surface area contributed by atoms with Crippen LogP contribution in [-0.4, -0.2) is 119 Å². The maximum absolute atomic E-state index is 14.0. The second-order valence-corrected chi connectivity index (χ2v) is 15.6. The minimum Gasteiger partial charge on any atom is -0.390 e. The standard InChI is InChI=1S/C30H42F4N6O4S2/c1-20(41)35-23-6-10-37(11-7-23)17-24(42)18-40-27-8-12-39(46(2,43)44)19-25(27)29(36-40)21-3-4-26(30(32,33)34)28(15-21)45-14-13-38-9-5-22(31)16-38/h3-4,15,22-24,42H,5-14,16-19H2,1-2H3,(H,35,41)/t22-,24-/m0/s1. The number of likely N-dealkylation sites (tertiary alicyclic amines) is 2. The number of aliphatic hydroxyl groups excluding tert-OH is 1. The van der Waals surface area contributed by atoms with Crippen LogP contribution in [0.3, 0.4) is 0 Å². The quantitative estimate of drug-likeness (QED) is 0.274. The summed E-state index contributed by atoms with van der Waals surface area (Å²) in [6.45, 7) is 5.03. The second kappa shape index (κ2) is 14.5. The predicted molar refractivity (Wildman–Crippen MR) is 168 cm³/mol. The fourth-order valence-electron chi connectivity index (χ4n) is 6.53. The SMILES string of the molecule is CC(=O)NC1CCN(C[C@H](O)Cn2nc(-c3ccc(C(F)(F)F)c(SCCN4CC[C@H](F)C4)c3)c3c2CCN(S(C)(=O)=O)C3)CC1. The number of alkyl halides is 4. The number of sulfonamides is 1. The van der Waals surface area contributed by atoms with Gasteiger partial charge in [-0.05, 0) is 31.4 Å². The highest BCUT2D eigenvalue weighted by Gasteiger charge is 2.35. The van der Waals surface area contributed by atoms with Crippen molar-refractivity contribution in [2.45, 2.75) is 75.1 Å². The van der Waals surface area contributed by atoms with Crippen molar-refractivity contribution in [2.75, 3.05) is 57.8 Å². The highest BCUT2D eigenvalue weighted by atomic mass is 32.2. The van der Waals surface area contributed by atoms with Crippen molar-refractivity contribution < 1.29 is 35.9 Å². The Morgan fingerprint density at radius 2 is 1.85 bits per heavy atom. The number of carbonyl (C=O) groups excluding carboxylic acids is 1. The van der Waals surface area contributed by atoms with Gasteiger partial charge in [0, 0.05) is 99.2 Å². The van der Waals surface area contributed by atoms with Crippen LogP contribution in [0, 0.1) is 0 Å². The number of benzene rings is 1. The fourth-order valence-corrected chi connectivity index (χ4v) is 8.44. The van der Waals surface area contributed by atoms with E-state index in [1.54, 1.807) is 4.68 Å². The molecule has 0 aliphatic carbocycles. The molecular weight excluding hydrogens is 648 g/mol. The van der Waals surface area contributed by atoms with Crippen LogP contribution in [0.5, 0.6) is 0 Å². The van der Waals surface area contributed by atoms with Gasteiger partial charge in [0.1, 0.15) is 6.17 Å². The Balaban J connectivity index is 1.38. The molecule has 2 saturated heterocycles. The zero-order valence-electron chi connectivity index (χ0n) is 26.1. The first kappa shape index (κ1) is 35.1. The van der Waals surface area contributed by atoms with Crippen molar-refractivity contribution in [3.8, 4) is 11.3 Å². The monoisotopic (exact) mass is 690 g/mol. The Morgan fingerprint density at radius 1 is 1.13 bits per heavy atom. The number of hydrogen-bond donors (Lipinski definition) is 2. The van der Waals surface area contributed by atoms with E-state index in [9.17, 15) is 35.9 Å². The number of fused-ring (bicyclic) bond motifs is 1. The van der Waals surface area contributed by atoms with Crippen LogP contribution in [0.15, 0.2) is 23.1 Å². The number of carbonyl (C=O) groups is 1. The van der Waals surface area contributed by atoms with Gasteiger partial charge < -0.3 is 15.3 Å². The first-order chi connectivity index (χ1) is 21.7. The van der Waals surface area contributed by atoms with E-state index in [1.165, 1.54) is 23.4 Å². The van der Waals surface area contributed by atoms with Crippen molar-refractivity contribution in [3.05, 3.63) is 35.0 Å². The van der Waals surface area contributed by atoms with Gasteiger partial charge in [-0.2, -0.15) is 22.6 Å². The maximum atomic E-state index is 14.0. The molecule has 3 aliphatic rings. The lowest BCUT2D eigenvalue weighted by atomic mass is 10.0. The number of β-amino-alcohol motifs (C(OH)–C–C–N with tert-alkyl or cyclic N) is 1. The number of piperidine rings is 1. The molecule has 0 saturated carbocycles. The van der Waals surface area contributed by atoms with Crippen LogP contribution < -0.4 is 5.32 Å². The first-order valence-corrected chi connectivity index (χ1v) is 18.4. The molecule has 1 amide bonds. The lowest BCUT2D eigenvalue weighted by Gasteiger charge is -2.33. The molecule has 1 aromatic heterocycles. The summed E-state index contributed by atoms with van der Waals surface area (Å²) < 4.78 is 83.6. The molecule has 5 rings (SSSR count). The molecule has 46 heavy (non-hydrogen) atoms. The van der Waals surface area contributed by atoms with E-state index in [0.717, 1.165) is 42.6 Å². The number of nitrogens with zero attached hydrogens (tertiary/aromatic N) is 5. The summed E-state index contributed by atoms with van der Waals surface area (Å²) in [6.07, 6.45) is -2.84. The minimum absolute atomic E-state index is 0.0269. The number of aromatic nitrogens is 2. The van der Waals surface area contributed by atoms with Crippen molar-refractivity contribution in [2.24, 2.45) is 0 Å². The third kappa shape index (κ3) is 8.81. The van der Waals surface area contributed by atoms with E-state index in [1.807, 2.05) is 4.90 Å². The third-order valence-electron chi connectivity index (χ3n) is 8.86. The van der Waals surface area contributed by atoms with E-state index >= 15 is 0 Å². The summed E-state index contributed by atoms with van der Waals surface area (Å²) in [6, 6.07) is 3.96. The van der Waals surface area contributed by atoms with Crippen molar-refractivity contribution >= 4 is 27.7 Å². The molecule has 0 spiro atoms. The van der Waals surface area contributed by atoms with Gasteiger partial charge in [-0.15, -0.1) is 11.8 Å². The van der Waals surface area contributed by atoms with Crippen molar-refractivity contribution in [1.29, 1.82) is 0 Å². The number of nitrogens with one attached hydrogen (secondary N) is 1. The van der Waals surface area contributed by atoms with Crippen LogP contribution in [0.25, 0.3) is 11.3 Å². The zero-order chi connectivity index (χ0) is 33.2. The van der Waals surface area contributed by atoms with Gasteiger partial charge in [-0.1, -0.05) is 6.07 Å². The summed E-state index contributed by atoms with van der Waals surface area (Å²) in [5.41, 5.74) is 1.42. The minimum atomic E-state index is -4.58. The Morgan fingerprint density at radius 3 is 2.48 bits per heavy atom. The molecule has 2 aromatic rings. The van der Waals surface area contributed by atoms with E-state index < -0.39 is 34.0 Å². The van der Waals surface area contributed by atoms with Crippen molar-refractivity contribution in [1.82, 2.24) is 29.2 Å². The van der Waals surface area contributed by atoms with E-state index in [2.05, 4.69) is 10.2 Å². The molecule has 256 valence electrons. The number of halogens is 4. The molecule has 2 fully saturated rings. The van der Waals surface area contributed by atoms with E-state index in [-0.39, 0.29) is 43.0 Å². The summed E-state index contributed by atoms with van der Waals surface area (Å²) in [4.78, 5) is 15.4. The van der Waals surface area contributed by atoms with Gasteiger partial charge in [0.2, 0.25) is 15.9 Å². The number of amides is 1.